The molecule has 2 saturated heterocycles. The monoisotopic (exact) mass is 338 g/mol. The molecule has 2 aliphatic heterocycles. The number of nitrogens with zero attached hydrogens (tertiary/aromatic N) is 6. The van der Waals surface area contributed by atoms with Crippen molar-refractivity contribution >= 4 is 11.6 Å². The van der Waals surface area contributed by atoms with Crippen LogP contribution in [0.1, 0.15) is 31.5 Å². The van der Waals surface area contributed by atoms with Crippen LogP contribution in [0.2, 0.25) is 0 Å². The van der Waals surface area contributed by atoms with Gasteiger partial charge in [-0.1, -0.05) is 6.07 Å². The van der Waals surface area contributed by atoms with E-state index in [-0.39, 0.29) is 0 Å². The molecule has 0 bridgehead atoms. The molecule has 6 heteroatoms. The molecule has 0 amide bonds. The predicted octanol–water partition coefficient (Wildman–Crippen LogP) is 2.36. The third-order valence-corrected chi connectivity index (χ3v) is 5.37. The van der Waals surface area contributed by atoms with Gasteiger partial charge in [0.25, 0.3) is 0 Å². The van der Waals surface area contributed by atoms with Crippen molar-refractivity contribution in [3.8, 4) is 0 Å². The van der Waals surface area contributed by atoms with E-state index in [1.54, 1.807) is 6.33 Å². The standard InChI is InChI=1S/C19H26N6/c1-16(17-6-2-3-7-20-17)23-10-12-25(13-11-23)19-14-18(21-15-22-19)24-8-4-5-9-24/h2-3,6-7,14-16H,4-5,8-13H2,1H3/t16-/m0/s1. The lowest BCUT2D eigenvalue weighted by molar-refractivity contribution is 0.195. The molecule has 4 rings (SSSR count). The number of hydrogen-bond acceptors (Lipinski definition) is 6. The fourth-order valence-corrected chi connectivity index (χ4v) is 3.78. The maximum absolute atomic E-state index is 4.52. The van der Waals surface area contributed by atoms with Gasteiger partial charge < -0.3 is 9.80 Å². The zero-order valence-corrected chi connectivity index (χ0v) is 14.9. The molecule has 4 heterocycles. The Bertz CT molecular complexity index is 677. The van der Waals surface area contributed by atoms with E-state index in [1.165, 1.54) is 12.8 Å². The molecule has 25 heavy (non-hydrogen) atoms. The fraction of sp³-hybridized carbons (Fsp3) is 0.526. The normalized spacial score (nSPS) is 20.0. The molecule has 0 radical (unpaired) electrons. The van der Waals surface area contributed by atoms with E-state index < -0.39 is 0 Å². The summed E-state index contributed by atoms with van der Waals surface area (Å²) in [7, 11) is 0. The van der Waals surface area contributed by atoms with Crippen LogP contribution >= 0.6 is 0 Å². The summed E-state index contributed by atoms with van der Waals surface area (Å²) in [6.45, 7) is 8.52. The Balaban J connectivity index is 1.39. The van der Waals surface area contributed by atoms with Crippen LogP contribution < -0.4 is 9.80 Å². The molecule has 0 saturated carbocycles. The summed E-state index contributed by atoms with van der Waals surface area (Å²) < 4.78 is 0. The molecule has 0 aromatic carbocycles. The van der Waals surface area contributed by atoms with Gasteiger partial charge in [-0.2, -0.15) is 0 Å². The molecule has 0 spiro atoms. The number of hydrogen-bond donors (Lipinski definition) is 0. The fourth-order valence-electron chi connectivity index (χ4n) is 3.78. The van der Waals surface area contributed by atoms with Crippen molar-refractivity contribution in [1.29, 1.82) is 0 Å². The molecule has 2 aliphatic rings. The molecular formula is C19H26N6. The largest absolute Gasteiger partial charge is 0.356 e. The number of anilines is 2. The zero-order valence-electron chi connectivity index (χ0n) is 14.9. The van der Waals surface area contributed by atoms with Gasteiger partial charge in [0.05, 0.1) is 5.69 Å². The summed E-state index contributed by atoms with van der Waals surface area (Å²) in [4.78, 5) is 20.7. The third kappa shape index (κ3) is 3.58. The quantitative estimate of drug-likeness (QED) is 0.853. The van der Waals surface area contributed by atoms with Gasteiger partial charge in [-0.15, -0.1) is 0 Å². The van der Waals surface area contributed by atoms with Crippen molar-refractivity contribution in [2.75, 3.05) is 49.1 Å². The predicted molar refractivity (Wildman–Crippen MR) is 99.9 cm³/mol. The molecule has 2 fully saturated rings. The van der Waals surface area contributed by atoms with Gasteiger partial charge in [0, 0.05) is 57.6 Å². The maximum Gasteiger partial charge on any atom is 0.134 e. The minimum Gasteiger partial charge on any atom is -0.356 e. The molecule has 1 atom stereocenters. The Kier molecular flexibility index (Phi) is 4.78. The highest BCUT2D eigenvalue weighted by Gasteiger charge is 2.24. The minimum atomic E-state index is 0.355. The van der Waals surface area contributed by atoms with E-state index in [0.717, 1.165) is 56.6 Å². The highest BCUT2D eigenvalue weighted by atomic mass is 15.3. The highest BCUT2D eigenvalue weighted by molar-refractivity contribution is 5.50. The van der Waals surface area contributed by atoms with Crippen LogP contribution in [0.25, 0.3) is 0 Å². The minimum absolute atomic E-state index is 0.355. The van der Waals surface area contributed by atoms with Crippen LogP contribution in [-0.4, -0.2) is 59.1 Å². The number of rotatable bonds is 4. The third-order valence-electron chi connectivity index (χ3n) is 5.37. The van der Waals surface area contributed by atoms with E-state index in [2.05, 4.69) is 54.8 Å². The topological polar surface area (TPSA) is 48.4 Å². The van der Waals surface area contributed by atoms with Crippen LogP contribution in [0.5, 0.6) is 0 Å². The van der Waals surface area contributed by atoms with Crippen LogP contribution in [0.15, 0.2) is 36.8 Å². The average Bonchev–Trinajstić information content (AvgIpc) is 3.23. The first kappa shape index (κ1) is 16.3. The maximum atomic E-state index is 4.52. The summed E-state index contributed by atoms with van der Waals surface area (Å²) in [5, 5.41) is 0. The van der Waals surface area contributed by atoms with E-state index in [1.807, 2.05) is 12.3 Å². The summed E-state index contributed by atoms with van der Waals surface area (Å²) in [5.74, 6) is 2.13. The van der Waals surface area contributed by atoms with Crippen molar-refractivity contribution in [3.05, 3.63) is 42.5 Å². The molecule has 6 nitrogen and oxygen atoms in total. The molecule has 0 unspecified atom stereocenters. The van der Waals surface area contributed by atoms with Crippen LogP contribution in [0.3, 0.4) is 0 Å². The SMILES string of the molecule is C[C@@H](c1ccccn1)N1CCN(c2cc(N3CCCC3)ncn2)CC1. The van der Waals surface area contributed by atoms with E-state index >= 15 is 0 Å². The van der Waals surface area contributed by atoms with E-state index in [4.69, 9.17) is 0 Å². The summed E-state index contributed by atoms with van der Waals surface area (Å²) in [6.07, 6.45) is 6.13. The smallest absolute Gasteiger partial charge is 0.134 e. The second-order valence-electron chi connectivity index (χ2n) is 6.88. The second-order valence-corrected chi connectivity index (χ2v) is 6.88. The molecule has 2 aromatic rings. The first-order valence-corrected chi connectivity index (χ1v) is 9.28. The van der Waals surface area contributed by atoms with Crippen molar-refractivity contribution in [1.82, 2.24) is 19.9 Å². The van der Waals surface area contributed by atoms with Crippen LogP contribution in [-0.2, 0) is 0 Å². The van der Waals surface area contributed by atoms with Gasteiger partial charge in [0.15, 0.2) is 0 Å². The van der Waals surface area contributed by atoms with Crippen molar-refractivity contribution in [2.24, 2.45) is 0 Å². The Morgan fingerprint density at radius 2 is 1.52 bits per heavy atom. The Morgan fingerprint density at radius 3 is 2.16 bits per heavy atom. The summed E-state index contributed by atoms with van der Waals surface area (Å²) in [6, 6.07) is 8.67. The Morgan fingerprint density at radius 1 is 0.840 bits per heavy atom. The van der Waals surface area contributed by atoms with Gasteiger partial charge in [0.2, 0.25) is 0 Å². The van der Waals surface area contributed by atoms with Crippen molar-refractivity contribution < 1.29 is 0 Å². The van der Waals surface area contributed by atoms with Crippen molar-refractivity contribution in [3.63, 3.8) is 0 Å². The summed E-state index contributed by atoms with van der Waals surface area (Å²) in [5.41, 5.74) is 1.15. The molecule has 0 N–H and O–H groups in total. The number of piperazine rings is 1. The molecule has 2 aromatic heterocycles. The van der Waals surface area contributed by atoms with E-state index in [9.17, 15) is 0 Å². The Labute approximate surface area is 149 Å². The van der Waals surface area contributed by atoms with Crippen LogP contribution in [0, 0.1) is 0 Å². The van der Waals surface area contributed by atoms with Gasteiger partial charge in [-0.3, -0.25) is 9.88 Å². The second kappa shape index (κ2) is 7.35. The van der Waals surface area contributed by atoms with Crippen molar-refractivity contribution in [2.45, 2.75) is 25.8 Å². The lowest BCUT2D eigenvalue weighted by Crippen LogP contribution is -2.47. The van der Waals surface area contributed by atoms with Gasteiger partial charge in [-0.05, 0) is 31.9 Å². The lowest BCUT2D eigenvalue weighted by Gasteiger charge is -2.38. The lowest BCUT2D eigenvalue weighted by atomic mass is 10.1. The highest BCUT2D eigenvalue weighted by Crippen LogP contribution is 2.24. The summed E-state index contributed by atoms with van der Waals surface area (Å²) >= 11 is 0. The van der Waals surface area contributed by atoms with E-state index in [0.29, 0.717) is 6.04 Å². The first-order valence-electron chi connectivity index (χ1n) is 9.28. The molecular weight excluding hydrogens is 312 g/mol. The number of pyridine rings is 1. The van der Waals surface area contributed by atoms with Gasteiger partial charge in [0.1, 0.15) is 18.0 Å². The Hall–Kier alpha value is -2.21. The zero-order chi connectivity index (χ0) is 17.1. The molecule has 0 aliphatic carbocycles. The molecule has 132 valence electrons. The van der Waals surface area contributed by atoms with Gasteiger partial charge >= 0.3 is 0 Å². The van der Waals surface area contributed by atoms with Gasteiger partial charge in [-0.25, -0.2) is 9.97 Å². The number of aromatic nitrogens is 3. The average molecular weight is 338 g/mol. The first-order chi connectivity index (χ1) is 12.3. The van der Waals surface area contributed by atoms with Crippen LogP contribution in [0.4, 0.5) is 11.6 Å².